The average Bonchev–Trinajstić information content (AvgIpc) is 3.54. The van der Waals surface area contributed by atoms with Crippen molar-refractivity contribution >= 4 is 5.91 Å². The van der Waals surface area contributed by atoms with Gasteiger partial charge in [0.1, 0.15) is 42.6 Å². The van der Waals surface area contributed by atoms with E-state index in [4.69, 9.17) is 13.9 Å². The Hall–Kier alpha value is -3.91. The summed E-state index contributed by atoms with van der Waals surface area (Å²) in [6, 6.07) is 19.2. The van der Waals surface area contributed by atoms with E-state index >= 15 is 0 Å². The van der Waals surface area contributed by atoms with Gasteiger partial charge in [0.25, 0.3) is 5.91 Å². The fraction of sp³-hybridized carbons (Fsp3) is 0.240. The molecule has 0 saturated carbocycles. The maximum absolute atomic E-state index is 13.2. The number of amides is 1. The van der Waals surface area contributed by atoms with E-state index in [1.165, 1.54) is 6.33 Å². The summed E-state index contributed by atoms with van der Waals surface area (Å²) in [5, 5.41) is 4.11. The van der Waals surface area contributed by atoms with Gasteiger partial charge in [-0.1, -0.05) is 30.3 Å². The molecule has 33 heavy (non-hydrogen) atoms. The highest BCUT2D eigenvalue weighted by molar-refractivity contribution is 5.96. The molecule has 1 atom stereocenters. The number of hydrogen-bond donors (Lipinski definition) is 0. The maximum atomic E-state index is 13.2. The van der Waals surface area contributed by atoms with Gasteiger partial charge in [0, 0.05) is 12.1 Å². The number of furan rings is 1. The summed E-state index contributed by atoms with van der Waals surface area (Å²) in [7, 11) is 0. The third-order valence-corrected chi connectivity index (χ3v) is 5.59. The molecule has 0 radical (unpaired) electrons. The van der Waals surface area contributed by atoms with E-state index in [-0.39, 0.29) is 12.0 Å². The number of benzene rings is 2. The molecule has 2 aromatic carbocycles. The average molecular weight is 444 g/mol. The zero-order valence-electron chi connectivity index (χ0n) is 18.3. The van der Waals surface area contributed by atoms with Gasteiger partial charge in [-0.3, -0.25) is 4.79 Å². The fourth-order valence-corrected chi connectivity index (χ4v) is 3.84. The molecule has 1 aliphatic rings. The van der Waals surface area contributed by atoms with Gasteiger partial charge < -0.3 is 18.8 Å². The number of carbonyl (C=O) groups is 1. The molecule has 0 N–H and O–H groups in total. The summed E-state index contributed by atoms with van der Waals surface area (Å²) in [6.45, 7) is 3.64. The lowest BCUT2D eigenvalue weighted by atomic mass is 10.1. The number of ether oxygens (including phenoxy) is 2. The van der Waals surface area contributed by atoms with E-state index in [9.17, 15) is 4.79 Å². The standard InChI is InChI=1S/C25H24N4O4/c1-18-23(13-24(33-18)19-5-3-2-4-6-19)25(30)28-11-12-31-22(14-28)15-32-21-9-7-20(8-10-21)29-17-26-16-27-29/h2-10,13,16-17,22H,11-12,14-15H2,1H3. The van der Waals surface area contributed by atoms with Gasteiger partial charge in [-0.25, -0.2) is 9.67 Å². The van der Waals surface area contributed by atoms with Crippen molar-refractivity contribution < 1.29 is 18.7 Å². The predicted octanol–water partition coefficient (Wildman–Crippen LogP) is 3.76. The van der Waals surface area contributed by atoms with Crippen LogP contribution in [0.2, 0.25) is 0 Å². The minimum atomic E-state index is -0.210. The number of rotatable bonds is 6. The number of aryl methyl sites for hydroxylation is 1. The Labute approximate surface area is 191 Å². The normalized spacial score (nSPS) is 16.0. The van der Waals surface area contributed by atoms with Crippen LogP contribution in [0.15, 0.2) is 77.7 Å². The van der Waals surface area contributed by atoms with Crippen LogP contribution in [-0.2, 0) is 4.74 Å². The lowest BCUT2D eigenvalue weighted by Gasteiger charge is -2.32. The summed E-state index contributed by atoms with van der Waals surface area (Å²) in [4.78, 5) is 18.9. The van der Waals surface area contributed by atoms with Crippen LogP contribution in [0.3, 0.4) is 0 Å². The number of hydrogen-bond acceptors (Lipinski definition) is 6. The topological polar surface area (TPSA) is 82.6 Å². The lowest BCUT2D eigenvalue weighted by molar-refractivity contribution is -0.0401. The number of nitrogens with zero attached hydrogens (tertiary/aromatic N) is 4. The highest BCUT2D eigenvalue weighted by atomic mass is 16.5. The highest BCUT2D eigenvalue weighted by Crippen LogP contribution is 2.26. The van der Waals surface area contributed by atoms with Gasteiger partial charge in [-0.05, 0) is 37.3 Å². The van der Waals surface area contributed by atoms with Crippen LogP contribution in [-0.4, -0.2) is 58.0 Å². The Morgan fingerprint density at radius 3 is 2.73 bits per heavy atom. The first-order valence-corrected chi connectivity index (χ1v) is 10.8. The molecule has 4 aromatic rings. The van der Waals surface area contributed by atoms with E-state index in [0.29, 0.717) is 43.4 Å². The molecule has 0 spiro atoms. The van der Waals surface area contributed by atoms with E-state index in [2.05, 4.69) is 10.1 Å². The first-order valence-electron chi connectivity index (χ1n) is 10.8. The Balaban J connectivity index is 1.20. The van der Waals surface area contributed by atoms with Gasteiger partial charge in [0.05, 0.1) is 24.4 Å². The van der Waals surface area contributed by atoms with Crippen LogP contribution >= 0.6 is 0 Å². The molecule has 3 heterocycles. The Morgan fingerprint density at radius 1 is 1.15 bits per heavy atom. The molecule has 1 unspecified atom stereocenters. The minimum Gasteiger partial charge on any atom is -0.491 e. The Kier molecular flexibility index (Phi) is 5.91. The highest BCUT2D eigenvalue weighted by Gasteiger charge is 2.28. The summed E-state index contributed by atoms with van der Waals surface area (Å²) in [5.41, 5.74) is 2.43. The van der Waals surface area contributed by atoms with E-state index in [1.807, 2.05) is 67.6 Å². The summed E-state index contributed by atoms with van der Waals surface area (Å²) >= 11 is 0. The van der Waals surface area contributed by atoms with Crippen LogP contribution in [0.25, 0.3) is 17.0 Å². The lowest BCUT2D eigenvalue weighted by Crippen LogP contribution is -2.47. The van der Waals surface area contributed by atoms with Crippen molar-refractivity contribution in [2.45, 2.75) is 13.0 Å². The Bertz CT molecular complexity index is 1200. The van der Waals surface area contributed by atoms with E-state index < -0.39 is 0 Å². The third-order valence-electron chi connectivity index (χ3n) is 5.59. The van der Waals surface area contributed by atoms with Crippen molar-refractivity contribution in [1.29, 1.82) is 0 Å². The SMILES string of the molecule is Cc1oc(-c2ccccc2)cc1C(=O)N1CCOC(COc2ccc(-n3cncn3)cc2)C1. The van der Waals surface area contributed by atoms with Crippen LogP contribution < -0.4 is 4.74 Å². The van der Waals surface area contributed by atoms with Crippen molar-refractivity contribution in [3.8, 4) is 22.8 Å². The fourth-order valence-electron chi connectivity index (χ4n) is 3.84. The second kappa shape index (κ2) is 9.30. The van der Waals surface area contributed by atoms with Crippen molar-refractivity contribution in [2.75, 3.05) is 26.3 Å². The zero-order chi connectivity index (χ0) is 22.6. The van der Waals surface area contributed by atoms with Gasteiger partial charge in [0.15, 0.2) is 0 Å². The second-order valence-electron chi connectivity index (χ2n) is 7.84. The molecule has 1 fully saturated rings. The molecule has 1 aliphatic heterocycles. The minimum absolute atomic E-state index is 0.0519. The molecule has 5 rings (SSSR count). The van der Waals surface area contributed by atoms with Gasteiger partial charge >= 0.3 is 0 Å². The van der Waals surface area contributed by atoms with Crippen molar-refractivity contribution in [3.05, 3.63) is 84.6 Å². The van der Waals surface area contributed by atoms with Crippen molar-refractivity contribution in [2.24, 2.45) is 0 Å². The van der Waals surface area contributed by atoms with Crippen LogP contribution in [0.5, 0.6) is 5.75 Å². The molecule has 8 heteroatoms. The number of carbonyl (C=O) groups excluding carboxylic acids is 1. The molecule has 1 saturated heterocycles. The van der Waals surface area contributed by atoms with Crippen LogP contribution in [0, 0.1) is 6.92 Å². The molecule has 168 valence electrons. The molecule has 1 amide bonds. The summed E-state index contributed by atoms with van der Waals surface area (Å²) < 4.78 is 19.3. The van der Waals surface area contributed by atoms with E-state index in [1.54, 1.807) is 15.9 Å². The molecule has 0 bridgehead atoms. The zero-order valence-corrected chi connectivity index (χ0v) is 18.3. The molecule has 2 aromatic heterocycles. The van der Waals surface area contributed by atoms with Gasteiger partial charge in [-0.15, -0.1) is 0 Å². The summed E-state index contributed by atoms with van der Waals surface area (Å²) in [5.74, 6) is 1.98. The van der Waals surface area contributed by atoms with Crippen molar-refractivity contribution in [1.82, 2.24) is 19.7 Å². The van der Waals surface area contributed by atoms with Gasteiger partial charge in [0.2, 0.25) is 0 Å². The maximum Gasteiger partial charge on any atom is 0.257 e. The van der Waals surface area contributed by atoms with E-state index in [0.717, 1.165) is 17.0 Å². The molecule has 0 aliphatic carbocycles. The largest absolute Gasteiger partial charge is 0.491 e. The first-order chi connectivity index (χ1) is 16.2. The third kappa shape index (κ3) is 4.65. The van der Waals surface area contributed by atoms with Crippen LogP contribution in [0.4, 0.5) is 0 Å². The molecular formula is C25H24N4O4. The summed E-state index contributed by atoms with van der Waals surface area (Å²) in [6.07, 6.45) is 2.92. The smallest absolute Gasteiger partial charge is 0.257 e. The van der Waals surface area contributed by atoms with Gasteiger partial charge in [-0.2, -0.15) is 5.10 Å². The molecule has 8 nitrogen and oxygen atoms in total. The number of aromatic nitrogens is 3. The molecular weight excluding hydrogens is 420 g/mol. The second-order valence-corrected chi connectivity index (χ2v) is 7.84. The first kappa shape index (κ1) is 21.0. The monoisotopic (exact) mass is 444 g/mol. The predicted molar refractivity (Wildman–Crippen MR) is 121 cm³/mol. The van der Waals surface area contributed by atoms with Crippen LogP contribution in [0.1, 0.15) is 16.1 Å². The van der Waals surface area contributed by atoms with Crippen molar-refractivity contribution in [3.63, 3.8) is 0 Å². The Morgan fingerprint density at radius 2 is 1.97 bits per heavy atom. The quantitative estimate of drug-likeness (QED) is 0.450. The number of morpholine rings is 1.